The molecule has 4 saturated carbocycles. The van der Waals surface area contributed by atoms with Crippen molar-refractivity contribution in [3.8, 4) is 0 Å². The second kappa shape index (κ2) is 6.77. The molecule has 0 aromatic rings. The van der Waals surface area contributed by atoms with Crippen LogP contribution in [0.25, 0.3) is 0 Å². The van der Waals surface area contributed by atoms with Gasteiger partial charge in [0.25, 0.3) is 0 Å². The summed E-state index contributed by atoms with van der Waals surface area (Å²) >= 11 is 0. The van der Waals surface area contributed by atoms with Gasteiger partial charge in [-0.1, -0.05) is 48.5 Å². The topological polar surface area (TPSA) is 0 Å². The van der Waals surface area contributed by atoms with Crippen LogP contribution in [0.1, 0.15) is 90.4 Å². The second-order valence-electron chi connectivity index (χ2n) is 8.12. The first kappa shape index (κ1) is 15.4. The van der Waals surface area contributed by atoms with Crippen molar-refractivity contribution in [3.63, 3.8) is 0 Å². The van der Waals surface area contributed by atoms with Gasteiger partial charge in [-0.15, -0.1) is 0 Å². The molecule has 0 bridgehead atoms. The SMILES string of the molecule is CCC(P(C1CCC1)C1CCC1)P(C1CCC1)C1CCC1. The lowest BCUT2D eigenvalue weighted by Crippen LogP contribution is -2.36. The standard InChI is InChI=1S/C19H34P2/c1-2-19(20(15-7-3-8-15)16-9-4-10-16)21(17-11-5-12-17)18-13-6-14-18/h15-19H,2-14H2,1H3. The van der Waals surface area contributed by atoms with Crippen molar-refractivity contribution in [2.45, 2.75) is 118 Å². The number of hydrogen-bond acceptors (Lipinski definition) is 0. The highest BCUT2D eigenvalue weighted by atomic mass is 31.2. The summed E-state index contributed by atoms with van der Waals surface area (Å²) in [4.78, 5) is 0. The van der Waals surface area contributed by atoms with Crippen molar-refractivity contribution in [1.82, 2.24) is 0 Å². The maximum absolute atomic E-state index is 2.57. The Hall–Kier alpha value is 0.860. The molecule has 0 aromatic heterocycles. The quantitative estimate of drug-likeness (QED) is 0.447. The molecule has 0 spiro atoms. The van der Waals surface area contributed by atoms with E-state index in [1.54, 1.807) is 83.5 Å². The van der Waals surface area contributed by atoms with Crippen molar-refractivity contribution in [2.75, 3.05) is 0 Å². The van der Waals surface area contributed by atoms with E-state index in [0.29, 0.717) is 15.8 Å². The molecule has 0 aromatic carbocycles. The summed E-state index contributed by atoms with van der Waals surface area (Å²) in [6.45, 7) is 2.57. The van der Waals surface area contributed by atoms with Crippen LogP contribution in [0.3, 0.4) is 0 Å². The van der Waals surface area contributed by atoms with Crippen LogP contribution in [0.5, 0.6) is 0 Å². The zero-order chi connectivity index (χ0) is 14.2. The number of hydrogen-bond donors (Lipinski definition) is 0. The fourth-order valence-corrected chi connectivity index (χ4v) is 16.2. The molecule has 2 heteroatoms. The zero-order valence-electron chi connectivity index (χ0n) is 14.0. The van der Waals surface area contributed by atoms with Crippen LogP contribution < -0.4 is 0 Å². The lowest BCUT2D eigenvalue weighted by Gasteiger charge is -2.54. The highest BCUT2D eigenvalue weighted by Gasteiger charge is 2.47. The molecular weight excluding hydrogens is 290 g/mol. The Morgan fingerprint density at radius 2 is 0.905 bits per heavy atom. The predicted octanol–water partition coefficient (Wildman–Crippen LogP) is 6.90. The minimum atomic E-state index is 0.408. The van der Waals surface area contributed by atoms with E-state index in [1.807, 2.05) is 0 Å². The molecule has 0 unspecified atom stereocenters. The molecule has 0 heterocycles. The molecule has 0 aliphatic heterocycles. The minimum Gasteiger partial charge on any atom is -0.0927 e. The van der Waals surface area contributed by atoms with Gasteiger partial charge in [0.2, 0.25) is 0 Å². The van der Waals surface area contributed by atoms with E-state index in [4.69, 9.17) is 0 Å². The van der Waals surface area contributed by atoms with Gasteiger partial charge < -0.3 is 0 Å². The molecule has 0 amide bonds. The molecule has 0 atom stereocenters. The normalized spacial score (nSPS) is 28.6. The molecule has 120 valence electrons. The molecule has 4 rings (SSSR count). The first-order valence-corrected chi connectivity index (χ1v) is 13.0. The second-order valence-corrected chi connectivity index (χ2v) is 14.5. The van der Waals surface area contributed by atoms with Crippen LogP contribution in [-0.4, -0.2) is 28.0 Å². The van der Waals surface area contributed by atoms with Gasteiger partial charge in [0, 0.05) is 5.40 Å². The van der Waals surface area contributed by atoms with E-state index in [-0.39, 0.29) is 0 Å². The van der Waals surface area contributed by atoms with Gasteiger partial charge in [-0.3, -0.25) is 0 Å². The minimum absolute atomic E-state index is 0.408. The van der Waals surface area contributed by atoms with Crippen molar-refractivity contribution >= 4 is 15.8 Å². The molecule has 0 radical (unpaired) electrons. The van der Waals surface area contributed by atoms with Gasteiger partial charge in [-0.25, -0.2) is 0 Å². The van der Waals surface area contributed by atoms with Crippen LogP contribution in [0, 0.1) is 0 Å². The summed E-state index contributed by atoms with van der Waals surface area (Å²) in [5, 5.41) is 1.24. The summed E-state index contributed by atoms with van der Waals surface area (Å²) in [5.74, 6) is 0. The molecule has 0 saturated heterocycles. The summed E-state index contributed by atoms with van der Waals surface area (Å²) in [7, 11) is 0.815. The average Bonchev–Trinajstić information content (AvgIpc) is 2.20. The Kier molecular flexibility index (Phi) is 4.96. The third-order valence-corrected chi connectivity index (χ3v) is 16.2. The van der Waals surface area contributed by atoms with Gasteiger partial charge in [0.05, 0.1) is 0 Å². The monoisotopic (exact) mass is 324 g/mol. The molecule has 4 fully saturated rings. The van der Waals surface area contributed by atoms with E-state index in [1.165, 1.54) is 28.0 Å². The zero-order valence-corrected chi connectivity index (χ0v) is 15.8. The van der Waals surface area contributed by atoms with E-state index in [2.05, 4.69) is 6.92 Å². The van der Waals surface area contributed by atoms with Gasteiger partial charge in [0.15, 0.2) is 0 Å². The maximum atomic E-state index is 2.57. The highest BCUT2D eigenvalue weighted by Crippen LogP contribution is 2.75. The van der Waals surface area contributed by atoms with Crippen molar-refractivity contribution in [3.05, 3.63) is 0 Å². The summed E-state index contributed by atoms with van der Waals surface area (Å²) in [6.07, 6.45) is 20.8. The third kappa shape index (κ3) is 2.87. The van der Waals surface area contributed by atoms with Gasteiger partial charge in [0.1, 0.15) is 0 Å². The van der Waals surface area contributed by atoms with Crippen LogP contribution in [0.2, 0.25) is 0 Å². The van der Waals surface area contributed by atoms with Gasteiger partial charge in [-0.2, -0.15) is 0 Å². The molecular formula is C19H34P2. The van der Waals surface area contributed by atoms with Gasteiger partial charge >= 0.3 is 0 Å². The van der Waals surface area contributed by atoms with Crippen LogP contribution >= 0.6 is 15.8 Å². The summed E-state index contributed by atoms with van der Waals surface area (Å²) in [6, 6.07) is 0. The van der Waals surface area contributed by atoms with Crippen molar-refractivity contribution < 1.29 is 0 Å². The van der Waals surface area contributed by atoms with Crippen LogP contribution in [0.4, 0.5) is 0 Å². The lowest BCUT2D eigenvalue weighted by atomic mass is 9.99. The fraction of sp³-hybridized carbons (Fsp3) is 1.00. The lowest BCUT2D eigenvalue weighted by molar-refractivity contribution is 0.464. The predicted molar refractivity (Wildman–Crippen MR) is 98.5 cm³/mol. The summed E-state index contributed by atoms with van der Waals surface area (Å²) < 4.78 is 0. The van der Waals surface area contributed by atoms with Crippen LogP contribution in [-0.2, 0) is 0 Å². The molecule has 0 N–H and O–H groups in total. The molecule has 0 nitrogen and oxygen atoms in total. The maximum Gasteiger partial charge on any atom is 0.000148 e. The summed E-state index contributed by atoms with van der Waals surface area (Å²) in [5.41, 5.74) is 4.89. The van der Waals surface area contributed by atoms with E-state index < -0.39 is 0 Å². The Morgan fingerprint density at radius 3 is 1.05 bits per heavy atom. The van der Waals surface area contributed by atoms with Crippen molar-refractivity contribution in [2.24, 2.45) is 0 Å². The molecule has 4 aliphatic carbocycles. The van der Waals surface area contributed by atoms with Gasteiger partial charge in [-0.05, 0) is 80.4 Å². The Morgan fingerprint density at radius 1 is 0.619 bits per heavy atom. The Bertz CT molecular complexity index is 279. The fourth-order valence-electron chi connectivity index (χ4n) is 4.88. The molecule has 21 heavy (non-hydrogen) atoms. The first-order valence-electron chi connectivity index (χ1n) is 9.93. The van der Waals surface area contributed by atoms with E-state index >= 15 is 0 Å². The van der Waals surface area contributed by atoms with Crippen molar-refractivity contribution in [1.29, 1.82) is 0 Å². The van der Waals surface area contributed by atoms with E-state index in [9.17, 15) is 0 Å². The largest absolute Gasteiger partial charge is 0.0927 e. The smallest absolute Gasteiger partial charge is 0.000148 e. The van der Waals surface area contributed by atoms with Crippen LogP contribution in [0.15, 0.2) is 0 Å². The number of rotatable bonds is 7. The third-order valence-electron chi connectivity index (χ3n) is 7.04. The molecule has 4 aliphatic rings. The highest BCUT2D eigenvalue weighted by molar-refractivity contribution is 7.77. The van der Waals surface area contributed by atoms with E-state index in [0.717, 1.165) is 0 Å². The Balaban J connectivity index is 1.53. The Labute approximate surface area is 134 Å². The first-order chi connectivity index (χ1) is 10.4. The average molecular weight is 324 g/mol.